The van der Waals surface area contributed by atoms with Gasteiger partial charge in [-0.1, -0.05) is 23.7 Å². The Morgan fingerprint density at radius 1 is 1.20 bits per heavy atom. The number of urea groups is 1. The van der Waals surface area contributed by atoms with Crippen LogP contribution in [0.15, 0.2) is 42.5 Å². The van der Waals surface area contributed by atoms with Crippen LogP contribution in [-0.4, -0.2) is 50.0 Å². The molecule has 0 aromatic heterocycles. The van der Waals surface area contributed by atoms with Crippen LogP contribution < -0.4 is 15.0 Å². The van der Waals surface area contributed by atoms with E-state index in [0.29, 0.717) is 36.0 Å². The average Bonchev–Trinajstić information content (AvgIpc) is 3.20. The van der Waals surface area contributed by atoms with Gasteiger partial charge >= 0.3 is 6.03 Å². The number of hydrogen-bond acceptors (Lipinski definition) is 4. The second kappa shape index (κ2) is 9.06. The summed E-state index contributed by atoms with van der Waals surface area (Å²) in [5, 5.41) is 3.36. The molecule has 30 heavy (non-hydrogen) atoms. The molecule has 2 aromatic carbocycles. The fraction of sp³-hybridized carbons (Fsp3) is 0.391. The molecule has 0 spiro atoms. The van der Waals surface area contributed by atoms with E-state index in [9.17, 15) is 9.59 Å². The molecule has 0 aliphatic carbocycles. The van der Waals surface area contributed by atoms with Gasteiger partial charge in [0.2, 0.25) is 0 Å². The quantitative estimate of drug-likeness (QED) is 0.708. The maximum atomic E-state index is 13.1. The van der Waals surface area contributed by atoms with E-state index in [0.717, 1.165) is 31.6 Å². The first-order chi connectivity index (χ1) is 14.5. The number of rotatable bonds is 6. The van der Waals surface area contributed by atoms with E-state index in [1.807, 2.05) is 12.1 Å². The van der Waals surface area contributed by atoms with Crippen LogP contribution in [0.1, 0.15) is 28.8 Å². The number of ketones is 1. The number of hydrogen-bond donors (Lipinski definition) is 1. The maximum Gasteiger partial charge on any atom is 0.321 e. The highest BCUT2D eigenvalue weighted by atomic mass is 35.5. The van der Waals surface area contributed by atoms with Gasteiger partial charge in [0.1, 0.15) is 5.75 Å². The lowest BCUT2D eigenvalue weighted by Gasteiger charge is -2.32. The molecule has 0 radical (unpaired) electrons. The molecule has 0 bridgehead atoms. The van der Waals surface area contributed by atoms with Gasteiger partial charge in [-0.15, -0.1) is 0 Å². The van der Waals surface area contributed by atoms with Gasteiger partial charge in [-0.3, -0.25) is 14.6 Å². The number of methoxy groups -OCH3 is 1. The summed E-state index contributed by atoms with van der Waals surface area (Å²) in [6.45, 7) is 3.84. The number of likely N-dealkylation sites (tertiary alicyclic amines) is 1. The smallest absolute Gasteiger partial charge is 0.321 e. The van der Waals surface area contributed by atoms with Crippen LogP contribution >= 0.6 is 11.6 Å². The molecule has 6 nitrogen and oxygen atoms in total. The first kappa shape index (κ1) is 20.7. The Bertz CT molecular complexity index is 932. The Hall–Kier alpha value is -2.57. The molecule has 2 heterocycles. The Morgan fingerprint density at radius 3 is 2.70 bits per heavy atom. The first-order valence-electron chi connectivity index (χ1n) is 10.3. The van der Waals surface area contributed by atoms with E-state index < -0.39 is 0 Å². The van der Waals surface area contributed by atoms with E-state index in [1.54, 1.807) is 30.2 Å². The zero-order chi connectivity index (χ0) is 21.1. The number of piperidine rings is 1. The molecule has 0 saturated carbocycles. The van der Waals surface area contributed by atoms with Gasteiger partial charge in [-0.25, -0.2) is 4.79 Å². The van der Waals surface area contributed by atoms with Crippen molar-refractivity contribution in [1.29, 1.82) is 0 Å². The molecular formula is C23H26ClN3O3. The summed E-state index contributed by atoms with van der Waals surface area (Å²) in [6, 6.07) is 13.2. The van der Waals surface area contributed by atoms with E-state index in [-0.39, 0.29) is 17.7 Å². The largest absolute Gasteiger partial charge is 0.496 e. The van der Waals surface area contributed by atoms with Crippen LogP contribution in [0, 0.1) is 5.92 Å². The van der Waals surface area contributed by atoms with Gasteiger partial charge in [0, 0.05) is 42.8 Å². The molecule has 158 valence electrons. The van der Waals surface area contributed by atoms with E-state index in [1.165, 1.54) is 5.56 Å². The fourth-order valence-electron chi connectivity index (χ4n) is 4.26. The summed E-state index contributed by atoms with van der Waals surface area (Å²) >= 11 is 6.12. The summed E-state index contributed by atoms with van der Waals surface area (Å²) in [4.78, 5) is 29.0. The van der Waals surface area contributed by atoms with Gasteiger partial charge in [-0.2, -0.15) is 0 Å². The van der Waals surface area contributed by atoms with Crippen molar-refractivity contribution in [3.63, 3.8) is 0 Å². The van der Waals surface area contributed by atoms with Gasteiger partial charge in [-0.05, 0) is 55.3 Å². The lowest BCUT2D eigenvalue weighted by molar-refractivity contribution is 0.0808. The topological polar surface area (TPSA) is 61.9 Å². The molecular weight excluding hydrogens is 402 g/mol. The van der Waals surface area contributed by atoms with Crippen molar-refractivity contribution < 1.29 is 14.3 Å². The predicted molar refractivity (Wildman–Crippen MR) is 118 cm³/mol. The van der Waals surface area contributed by atoms with Crippen molar-refractivity contribution in [2.75, 3.05) is 38.2 Å². The summed E-state index contributed by atoms with van der Waals surface area (Å²) in [6.07, 6.45) is 1.85. The first-order valence-corrected chi connectivity index (χ1v) is 10.7. The van der Waals surface area contributed by atoms with Gasteiger partial charge in [0.15, 0.2) is 5.78 Å². The Morgan fingerprint density at radius 2 is 2.00 bits per heavy atom. The average molecular weight is 428 g/mol. The molecule has 2 aliphatic rings. The Kier molecular flexibility index (Phi) is 6.25. The van der Waals surface area contributed by atoms with Crippen LogP contribution in [0.3, 0.4) is 0 Å². The lowest BCUT2D eigenvalue weighted by Crippen LogP contribution is -2.38. The number of halogens is 1. The standard InChI is InChI=1S/C23H26ClN3O3/c1-30-21-9-6-18(24)13-20(21)22(28)17-3-2-11-26(15-17)14-16-4-7-19(8-5-16)27-12-10-25-23(27)29/h4-9,13,17H,2-3,10-12,14-15H2,1H3,(H,25,29)/t17-/m1/s1. The van der Waals surface area contributed by atoms with E-state index in [2.05, 4.69) is 22.3 Å². The third kappa shape index (κ3) is 4.45. The number of carbonyl (C=O) groups excluding carboxylic acids is 2. The number of ether oxygens (including phenoxy) is 1. The predicted octanol–water partition coefficient (Wildman–Crippen LogP) is 3.97. The molecule has 2 aliphatic heterocycles. The minimum atomic E-state index is -0.0707. The lowest BCUT2D eigenvalue weighted by atomic mass is 9.89. The number of benzene rings is 2. The number of amides is 2. The molecule has 0 unspecified atom stereocenters. The van der Waals surface area contributed by atoms with E-state index in [4.69, 9.17) is 16.3 Å². The van der Waals surface area contributed by atoms with Crippen molar-refractivity contribution in [2.45, 2.75) is 19.4 Å². The zero-order valence-electron chi connectivity index (χ0n) is 17.1. The van der Waals surface area contributed by atoms with Crippen molar-refractivity contribution in [3.8, 4) is 5.75 Å². The molecule has 1 N–H and O–H groups in total. The van der Waals surface area contributed by atoms with Crippen molar-refractivity contribution in [3.05, 3.63) is 58.6 Å². The van der Waals surface area contributed by atoms with Crippen molar-refractivity contribution in [2.24, 2.45) is 5.92 Å². The monoisotopic (exact) mass is 427 g/mol. The highest BCUT2D eigenvalue weighted by molar-refractivity contribution is 6.31. The van der Waals surface area contributed by atoms with Crippen LogP contribution in [0.25, 0.3) is 0 Å². The number of nitrogens with one attached hydrogen (secondary N) is 1. The third-order valence-corrected chi connectivity index (χ3v) is 6.05. The SMILES string of the molecule is COc1ccc(Cl)cc1C(=O)[C@@H]1CCCN(Cc2ccc(N3CCNC3=O)cc2)C1. The molecule has 4 rings (SSSR count). The van der Waals surface area contributed by atoms with E-state index >= 15 is 0 Å². The highest BCUT2D eigenvalue weighted by Crippen LogP contribution is 2.29. The molecule has 1 atom stereocenters. The van der Waals surface area contributed by atoms with Crippen LogP contribution in [0.4, 0.5) is 10.5 Å². The van der Waals surface area contributed by atoms with Crippen LogP contribution in [-0.2, 0) is 6.54 Å². The number of anilines is 1. The summed E-state index contributed by atoms with van der Waals surface area (Å²) in [5.41, 5.74) is 2.64. The third-order valence-electron chi connectivity index (χ3n) is 5.81. The number of carbonyl (C=O) groups is 2. The Labute approximate surface area is 181 Å². The minimum Gasteiger partial charge on any atom is -0.496 e. The van der Waals surface area contributed by atoms with Gasteiger partial charge < -0.3 is 10.1 Å². The molecule has 7 heteroatoms. The minimum absolute atomic E-state index is 0.0448. The Balaban J connectivity index is 1.41. The second-order valence-electron chi connectivity index (χ2n) is 7.83. The summed E-state index contributed by atoms with van der Waals surface area (Å²) in [7, 11) is 1.57. The summed E-state index contributed by atoms with van der Waals surface area (Å²) in [5.74, 6) is 0.594. The molecule has 2 fully saturated rings. The van der Waals surface area contributed by atoms with Gasteiger partial charge in [0.05, 0.1) is 12.7 Å². The molecule has 2 saturated heterocycles. The number of Topliss-reactive ketones (excluding diaryl/α,β-unsaturated/α-hetero) is 1. The zero-order valence-corrected chi connectivity index (χ0v) is 17.8. The maximum absolute atomic E-state index is 13.1. The normalized spacial score (nSPS) is 19.6. The van der Waals surface area contributed by atoms with Crippen LogP contribution in [0.2, 0.25) is 5.02 Å². The molecule has 2 amide bonds. The van der Waals surface area contributed by atoms with Crippen LogP contribution in [0.5, 0.6) is 5.75 Å². The number of nitrogens with zero attached hydrogens (tertiary/aromatic N) is 2. The summed E-state index contributed by atoms with van der Waals surface area (Å²) < 4.78 is 5.37. The fourth-order valence-corrected chi connectivity index (χ4v) is 4.44. The van der Waals surface area contributed by atoms with Gasteiger partial charge in [0.25, 0.3) is 0 Å². The van der Waals surface area contributed by atoms with Crippen molar-refractivity contribution in [1.82, 2.24) is 10.2 Å². The second-order valence-corrected chi connectivity index (χ2v) is 8.27. The highest BCUT2D eigenvalue weighted by Gasteiger charge is 2.28. The van der Waals surface area contributed by atoms with Crippen molar-refractivity contribution >= 4 is 29.1 Å². The molecule has 2 aromatic rings.